The van der Waals surface area contributed by atoms with Crippen molar-refractivity contribution in [1.29, 1.82) is 0 Å². The minimum Gasteiger partial charge on any atom is -0.481 e. The van der Waals surface area contributed by atoms with Crippen molar-refractivity contribution in [3.8, 4) is 22.6 Å². The number of carboxylic acids is 1. The summed E-state index contributed by atoms with van der Waals surface area (Å²) in [5.41, 5.74) is 6.24. The number of unbranched alkanes of at least 4 members (excludes halogenated alkanes) is 2. The Morgan fingerprint density at radius 1 is 0.943 bits per heavy atom. The first-order valence-corrected chi connectivity index (χ1v) is 19.4. The van der Waals surface area contributed by atoms with Crippen LogP contribution in [0.4, 0.5) is 5.69 Å². The summed E-state index contributed by atoms with van der Waals surface area (Å²) < 4.78 is 49.9. The molecule has 0 radical (unpaired) electrons. The van der Waals surface area contributed by atoms with E-state index < -0.39 is 21.5 Å². The third-order valence-corrected chi connectivity index (χ3v) is 11.2. The number of allylic oxidation sites excluding steroid dienone is 3. The predicted octanol–water partition coefficient (Wildman–Crippen LogP) is 7.10. The summed E-state index contributed by atoms with van der Waals surface area (Å²) >= 11 is 0. The summed E-state index contributed by atoms with van der Waals surface area (Å²) in [4.78, 5) is 13.5. The van der Waals surface area contributed by atoms with Gasteiger partial charge in [0.2, 0.25) is 5.36 Å². The molecule has 0 unspecified atom stereocenters. The number of carboxylic acid groups (broad SMARTS) is 1. The summed E-state index contributed by atoms with van der Waals surface area (Å²) in [6, 6.07) is 21.5. The average molecular weight is 744 g/mol. The summed E-state index contributed by atoms with van der Waals surface area (Å²) in [6.45, 7) is 9.48. The van der Waals surface area contributed by atoms with Crippen molar-refractivity contribution >= 4 is 27.9 Å². The molecule has 282 valence electrons. The van der Waals surface area contributed by atoms with Crippen molar-refractivity contribution in [1.82, 2.24) is 4.58 Å². The van der Waals surface area contributed by atoms with E-state index in [0.717, 1.165) is 68.9 Å². The molecule has 11 heteroatoms. The monoisotopic (exact) mass is 743 g/mol. The lowest BCUT2D eigenvalue weighted by molar-refractivity contribution is -0.137. The summed E-state index contributed by atoms with van der Waals surface area (Å²) in [7, 11) is 0.668. The highest BCUT2D eigenvalue weighted by Gasteiger charge is 2.40. The van der Waals surface area contributed by atoms with Gasteiger partial charge in [-0.05, 0) is 61.2 Å². The lowest BCUT2D eigenvalue weighted by Gasteiger charge is -2.27. The summed E-state index contributed by atoms with van der Waals surface area (Å²) in [6.07, 6.45) is 8.54. The molecule has 1 N–H and O–H groups in total. The maximum absolute atomic E-state index is 12.7. The third-order valence-electron chi connectivity index (χ3n) is 9.90. The van der Waals surface area contributed by atoms with Crippen LogP contribution in [0.3, 0.4) is 0 Å². The first-order chi connectivity index (χ1) is 25.4. The molecule has 0 aromatic heterocycles. The standard InChI is InChI=1S/C42H50N2O8S/c1-30-34(35-21-19-32(43(24-26-49-4)25-27-50-5)28-38(35)52-41(30)31-14-9-7-10-15-31)16-13-17-39-42(2,3)36-29-33(53(47,48)51-6)20-22-37(36)44(39)23-12-8-11-18-40(45)46/h7,9-10,13-17,19-22,28-29H,8,11-12,18,23-27H2,1-6H3/p+1. The number of benzene rings is 3. The molecule has 10 nitrogen and oxygen atoms in total. The maximum Gasteiger partial charge on any atom is 0.303 e. The molecular weight excluding hydrogens is 693 g/mol. The van der Waals surface area contributed by atoms with Crippen molar-refractivity contribution in [3.63, 3.8) is 0 Å². The van der Waals surface area contributed by atoms with Gasteiger partial charge in [0.05, 0.1) is 18.1 Å². The van der Waals surface area contributed by atoms with E-state index in [1.807, 2.05) is 36.4 Å². The second-order valence-electron chi connectivity index (χ2n) is 13.7. The highest BCUT2D eigenvalue weighted by Crippen LogP contribution is 2.49. The second-order valence-corrected chi connectivity index (χ2v) is 15.4. The number of carbonyl (C=O) groups is 1. The largest absolute Gasteiger partial charge is 0.481 e. The number of rotatable bonds is 17. The first-order valence-electron chi connectivity index (χ1n) is 17.9. The fraction of sp³-hybridized carbons (Fsp3) is 0.381. The molecule has 3 aliphatic rings. The van der Waals surface area contributed by atoms with Crippen molar-refractivity contribution in [2.45, 2.75) is 56.8 Å². The molecule has 53 heavy (non-hydrogen) atoms. The molecule has 2 heterocycles. The molecule has 0 saturated heterocycles. The summed E-state index contributed by atoms with van der Waals surface area (Å²) in [5.74, 6) is 0.738. The molecule has 2 aromatic rings. The molecule has 0 amide bonds. The number of hydrogen-bond acceptors (Lipinski definition) is 8. The molecule has 0 atom stereocenters. The molecule has 5 rings (SSSR count). The van der Waals surface area contributed by atoms with Crippen molar-refractivity contribution in [2.24, 2.45) is 0 Å². The highest BCUT2D eigenvalue weighted by molar-refractivity contribution is 7.86. The van der Waals surface area contributed by atoms with Gasteiger partial charge < -0.3 is 23.9 Å². The second kappa shape index (κ2) is 17.5. The Bertz CT molecular complexity index is 2110. The van der Waals surface area contributed by atoms with E-state index in [2.05, 4.69) is 66.7 Å². The van der Waals surface area contributed by atoms with E-state index in [0.29, 0.717) is 39.3 Å². The van der Waals surface area contributed by atoms with Gasteiger partial charge in [0, 0.05) is 66.7 Å². The molecule has 0 fully saturated rings. The Hall–Kier alpha value is -4.55. The number of aliphatic carboxylic acids is 1. The Morgan fingerprint density at radius 2 is 1.66 bits per heavy atom. The van der Waals surface area contributed by atoms with Gasteiger partial charge in [0.1, 0.15) is 24.7 Å². The molecule has 2 aliphatic heterocycles. The van der Waals surface area contributed by atoms with Gasteiger partial charge in [-0.25, -0.2) is 4.58 Å². The fourth-order valence-electron chi connectivity index (χ4n) is 6.98. The van der Waals surface area contributed by atoms with E-state index in [-0.39, 0.29) is 11.3 Å². The van der Waals surface area contributed by atoms with Gasteiger partial charge in [0.25, 0.3) is 10.1 Å². The van der Waals surface area contributed by atoms with E-state index in [9.17, 15) is 13.2 Å². The van der Waals surface area contributed by atoms with Gasteiger partial charge in [-0.15, -0.1) is 0 Å². The van der Waals surface area contributed by atoms with E-state index >= 15 is 0 Å². The van der Waals surface area contributed by atoms with Gasteiger partial charge in [-0.3, -0.25) is 8.98 Å². The van der Waals surface area contributed by atoms with Crippen molar-refractivity contribution in [2.75, 3.05) is 59.1 Å². The Morgan fingerprint density at radius 3 is 2.32 bits per heavy atom. The minimum atomic E-state index is -3.89. The zero-order valence-corrected chi connectivity index (χ0v) is 32.4. The third kappa shape index (κ3) is 8.98. The Balaban J connectivity index is 1.62. The molecule has 0 spiro atoms. The van der Waals surface area contributed by atoms with Crippen LogP contribution < -0.4 is 14.8 Å². The quantitative estimate of drug-likeness (QED) is 0.0687. The van der Waals surface area contributed by atoms with Crippen LogP contribution in [-0.4, -0.2) is 73.7 Å². The highest BCUT2D eigenvalue weighted by atomic mass is 32.2. The van der Waals surface area contributed by atoms with Gasteiger partial charge in [0.15, 0.2) is 13.1 Å². The zero-order chi connectivity index (χ0) is 38.2. The van der Waals surface area contributed by atoms with Crippen LogP contribution in [0.2, 0.25) is 0 Å². The summed E-state index contributed by atoms with van der Waals surface area (Å²) in [5, 5.41) is 10.1. The number of methoxy groups -OCH3 is 2. The van der Waals surface area contributed by atoms with Crippen molar-refractivity contribution in [3.05, 3.63) is 107 Å². The van der Waals surface area contributed by atoms with Gasteiger partial charge in [-0.1, -0.05) is 62.8 Å². The fourth-order valence-corrected chi connectivity index (χ4v) is 7.67. The average Bonchev–Trinajstić information content (AvgIpc) is 3.36. The molecule has 2 aromatic carbocycles. The van der Waals surface area contributed by atoms with E-state index in [4.69, 9.17) is 23.2 Å². The van der Waals surface area contributed by atoms with Crippen LogP contribution in [0.1, 0.15) is 56.2 Å². The van der Waals surface area contributed by atoms with Gasteiger partial charge in [-0.2, -0.15) is 8.42 Å². The van der Waals surface area contributed by atoms with E-state index in [1.165, 1.54) is 7.11 Å². The number of hydrogen-bond donors (Lipinski definition) is 1. The first kappa shape index (κ1) is 39.7. The lowest BCUT2D eigenvalue weighted by Crippen LogP contribution is -2.35. The smallest absolute Gasteiger partial charge is 0.303 e. The number of ether oxygens (including phenoxy) is 2. The van der Waals surface area contributed by atoms with Crippen LogP contribution in [0, 0.1) is 6.92 Å². The Kier molecular flexibility index (Phi) is 13.1. The van der Waals surface area contributed by atoms with Crippen LogP contribution in [0.5, 0.6) is 0 Å². The van der Waals surface area contributed by atoms with Crippen LogP contribution >= 0.6 is 0 Å². The number of anilines is 1. The normalized spacial score (nSPS) is 14.8. The van der Waals surface area contributed by atoms with Crippen LogP contribution in [-0.2, 0) is 34.0 Å². The van der Waals surface area contributed by atoms with E-state index in [1.54, 1.807) is 26.4 Å². The molecular formula is C42H51N2O8S+. The van der Waals surface area contributed by atoms with Crippen LogP contribution in [0.15, 0.2) is 93.9 Å². The van der Waals surface area contributed by atoms with Gasteiger partial charge >= 0.3 is 5.97 Å². The Labute approximate surface area is 313 Å². The maximum atomic E-state index is 12.7. The zero-order valence-electron chi connectivity index (χ0n) is 31.6. The molecule has 1 aliphatic carbocycles. The number of nitrogens with zero attached hydrogens (tertiary/aromatic N) is 2. The van der Waals surface area contributed by atoms with Crippen LogP contribution in [0.25, 0.3) is 28.7 Å². The topological polar surface area (TPSA) is 119 Å². The molecule has 0 saturated carbocycles. The van der Waals surface area contributed by atoms with Crippen molar-refractivity contribution < 1.29 is 36.4 Å². The molecule has 0 bridgehead atoms. The number of fused-ring (bicyclic) bond motifs is 2. The lowest BCUT2D eigenvalue weighted by atomic mass is 9.83. The minimum absolute atomic E-state index is 0.107. The SMILES string of the molecule is COCC[N+](CCOC)=c1ccc2c(C=CC=C3N(CCCCCC(=O)O)c4ccc(S(=O)(=O)OC)cc4C3(C)C)c(C)c(-c3ccccc3)oc-2c1. The predicted molar refractivity (Wildman–Crippen MR) is 208 cm³/mol.